The Balaban J connectivity index is 0. The first-order valence-electron chi connectivity index (χ1n) is 5.75. The highest BCUT2D eigenvalue weighted by Crippen LogP contribution is 2.13. The molecule has 1 aromatic rings. The highest BCUT2D eigenvalue weighted by molar-refractivity contribution is 6.30. The van der Waals surface area contributed by atoms with E-state index in [1.165, 1.54) is 0 Å². The molecular weight excluding hydrogens is 346 g/mol. The monoisotopic (exact) mass is 361 g/mol. The minimum absolute atomic E-state index is 0. The van der Waals surface area contributed by atoms with Crippen LogP contribution in [0.3, 0.4) is 0 Å². The Kier molecular flexibility index (Phi) is 12.1. The molecule has 1 heterocycles. The summed E-state index contributed by atoms with van der Waals surface area (Å²) in [5, 5.41) is 18.1. The molecule has 22 heavy (non-hydrogen) atoms. The van der Waals surface area contributed by atoms with E-state index >= 15 is 0 Å². The molecule has 126 valence electrons. The van der Waals surface area contributed by atoms with Crippen LogP contribution in [-0.2, 0) is 0 Å². The highest BCUT2D eigenvalue weighted by atomic mass is 35.5. The predicted octanol–water partition coefficient (Wildman–Crippen LogP) is 1.76. The van der Waals surface area contributed by atoms with E-state index in [0.29, 0.717) is 0 Å². The van der Waals surface area contributed by atoms with Gasteiger partial charge in [-0.2, -0.15) is 23.1 Å². The molecule has 0 atom stereocenters. The van der Waals surface area contributed by atoms with Gasteiger partial charge in [-0.25, -0.2) is 0 Å². The SMILES string of the molecule is CCCCNC(=N)NC(=N)N.Cl.Fc1nc(F)c(Cl)c(F)n1. The summed E-state index contributed by atoms with van der Waals surface area (Å²) >= 11 is 4.91. The van der Waals surface area contributed by atoms with Gasteiger partial charge < -0.3 is 11.1 Å². The summed E-state index contributed by atoms with van der Waals surface area (Å²) in [5.74, 6) is -2.91. The van der Waals surface area contributed by atoms with Crippen LogP contribution in [0.15, 0.2) is 0 Å². The van der Waals surface area contributed by atoms with Crippen molar-refractivity contribution in [3.05, 3.63) is 23.0 Å². The second kappa shape index (κ2) is 11.8. The molecule has 0 radical (unpaired) electrons. The number of rotatable bonds is 3. The van der Waals surface area contributed by atoms with Crippen LogP contribution in [-0.4, -0.2) is 28.4 Å². The van der Waals surface area contributed by atoms with E-state index in [9.17, 15) is 13.2 Å². The summed E-state index contributed by atoms with van der Waals surface area (Å²) in [5.41, 5.74) is 4.99. The van der Waals surface area contributed by atoms with Gasteiger partial charge in [-0.3, -0.25) is 16.1 Å². The molecule has 0 spiro atoms. The maximum Gasteiger partial charge on any atom is 0.314 e. The molecule has 1 rings (SSSR count). The number of hydrogen-bond donors (Lipinski definition) is 5. The number of nitrogens with zero attached hydrogens (tertiary/aromatic N) is 2. The molecule has 0 saturated carbocycles. The van der Waals surface area contributed by atoms with Gasteiger partial charge in [0, 0.05) is 6.54 Å². The van der Waals surface area contributed by atoms with E-state index < -0.39 is 23.0 Å². The summed E-state index contributed by atoms with van der Waals surface area (Å²) in [6.45, 7) is 2.82. The van der Waals surface area contributed by atoms with Crippen LogP contribution in [0, 0.1) is 28.8 Å². The molecule has 7 nitrogen and oxygen atoms in total. The van der Waals surface area contributed by atoms with Crippen LogP contribution in [0.1, 0.15) is 19.8 Å². The summed E-state index contributed by atoms with van der Waals surface area (Å²) in [4.78, 5) is 5.04. The van der Waals surface area contributed by atoms with E-state index in [2.05, 4.69) is 27.5 Å². The van der Waals surface area contributed by atoms with Crippen molar-refractivity contribution in [1.29, 1.82) is 10.8 Å². The smallest absolute Gasteiger partial charge is 0.314 e. The summed E-state index contributed by atoms with van der Waals surface area (Å²) in [6, 6.07) is 0. The van der Waals surface area contributed by atoms with E-state index in [1.807, 2.05) is 0 Å². The highest BCUT2D eigenvalue weighted by Gasteiger charge is 2.10. The average molecular weight is 362 g/mol. The lowest BCUT2D eigenvalue weighted by molar-refractivity contribution is 0.439. The maximum atomic E-state index is 12.1. The zero-order chi connectivity index (χ0) is 16.4. The summed E-state index contributed by atoms with van der Waals surface area (Å²) < 4.78 is 36.0. The van der Waals surface area contributed by atoms with Gasteiger partial charge in [-0.15, -0.1) is 12.4 Å². The molecule has 0 bridgehead atoms. The van der Waals surface area contributed by atoms with Gasteiger partial charge in [0.05, 0.1) is 0 Å². The van der Waals surface area contributed by atoms with Crippen LogP contribution >= 0.6 is 24.0 Å². The normalized spacial score (nSPS) is 8.95. The van der Waals surface area contributed by atoms with E-state index in [4.69, 9.17) is 28.2 Å². The Morgan fingerprint density at radius 2 is 1.73 bits per heavy atom. The number of nitrogens with two attached hydrogens (primary N) is 1. The summed E-state index contributed by atoms with van der Waals surface area (Å²) in [7, 11) is 0. The van der Waals surface area contributed by atoms with Gasteiger partial charge in [0.2, 0.25) is 11.9 Å². The fourth-order valence-corrected chi connectivity index (χ4v) is 1.02. The van der Waals surface area contributed by atoms with Crippen molar-refractivity contribution in [1.82, 2.24) is 20.6 Å². The van der Waals surface area contributed by atoms with Gasteiger partial charge in [-0.1, -0.05) is 24.9 Å². The Morgan fingerprint density at radius 3 is 2.14 bits per heavy atom. The summed E-state index contributed by atoms with van der Waals surface area (Å²) in [6.07, 6.45) is 0.627. The molecule has 0 unspecified atom stereocenters. The largest absolute Gasteiger partial charge is 0.370 e. The molecular formula is C10H16Cl2F3N7. The fourth-order valence-electron chi connectivity index (χ4n) is 0.939. The van der Waals surface area contributed by atoms with Crippen LogP contribution in [0.25, 0.3) is 0 Å². The molecule has 0 saturated heterocycles. The number of halogens is 5. The number of guanidine groups is 2. The number of hydrogen-bond acceptors (Lipinski definition) is 4. The van der Waals surface area contributed by atoms with E-state index in [-0.39, 0.29) is 24.3 Å². The third-order valence-electron chi connectivity index (χ3n) is 1.83. The van der Waals surface area contributed by atoms with E-state index in [0.717, 1.165) is 19.4 Å². The van der Waals surface area contributed by atoms with Crippen molar-refractivity contribution in [3.8, 4) is 0 Å². The lowest BCUT2D eigenvalue weighted by atomic mass is 10.3. The molecule has 0 amide bonds. The van der Waals surface area contributed by atoms with Crippen molar-refractivity contribution >= 4 is 35.9 Å². The lowest BCUT2D eigenvalue weighted by Gasteiger charge is -2.06. The maximum absolute atomic E-state index is 12.1. The third-order valence-corrected chi connectivity index (χ3v) is 2.15. The molecule has 6 N–H and O–H groups in total. The first kappa shape index (κ1) is 22.5. The van der Waals surface area contributed by atoms with Crippen molar-refractivity contribution < 1.29 is 13.2 Å². The predicted molar refractivity (Wildman–Crippen MR) is 79.9 cm³/mol. The van der Waals surface area contributed by atoms with Gasteiger partial charge in [0.1, 0.15) is 0 Å². The van der Waals surface area contributed by atoms with Crippen LogP contribution in [0.2, 0.25) is 5.02 Å². The molecule has 0 aromatic carbocycles. The Bertz CT molecular complexity index is 478. The Hall–Kier alpha value is -1.81. The minimum atomic E-state index is -1.47. The molecule has 1 aromatic heterocycles. The first-order chi connectivity index (χ1) is 9.77. The van der Waals surface area contributed by atoms with Crippen molar-refractivity contribution in [2.45, 2.75) is 19.8 Å². The third kappa shape index (κ3) is 10.00. The van der Waals surface area contributed by atoms with Gasteiger partial charge in [-0.05, 0) is 6.42 Å². The molecule has 12 heteroatoms. The number of aromatic nitrogens is 2. The van der Waals surface area contributed by atoms with Crippen LogP contribution < -0.4 is 16.4 Å². The van der Waals surface area contributed by atoms with E-state index in [1.54, 1.807) is 0 Å². The fraction of sp³-hybridized carbons (Fsp3) is 0.400. The lowest BCUT2D eigenvalue weighted by Crippen LogP contribution is -2.43. The van der Waals surface area contributed by atoms with Crippen LogP contribution in [0.5, 0.6) is 0 Å². The van der Waals surface area contributed by atoms with Gasteiger partial charge in [0.15, 0.2) is 16.9 Å². The zero-order valence-corrected chi connectivity index (χ0v) is 13.1. The van der Waals surface area contributed by atoms with Gasteiger partial charge >= 0.3 is 6.08 Å². The average Bonchev–Trinajstić information content (AvgIpc) is 2.36. The number of nitrogens with one attached hydrogen (secondary N) is 4. The number of unbranched alkanes of at least 4 members (excludes halogenated alkanes) is 1. The zero-order valence-electron chi connectivity index (χ0n) is 11.5. The molecule has 0 aliphatic heterocycles. The Labute approximate surface area is 136 Å². The minimum Gasteiger partial charge on any atom is -0.370 e. The second-order valence-electron chi connectivity index (χ2n) is 3.58. The topological polar surface area (TPSA) is 124 Å². The first-order valence-corrected chi connectivity index (χ1v) is 6.13. The standard InChI is InChI=1S/C6H15N5.C4ClF3N2.ClH/c1-2-3-4-10-6(9)11-5(7)8;5-1-2(6)9-4(8)10-3(1)7;/h2-4H2,1H3,(H6,7,8,9,10,11);;1H. The Morgan fingerprint density at radius 1 is 1.23 bits per heavy atom. The quantitative estimate of drug-likeness (QED) is 0.184. The van der Waals surface area contributed by atoms with Gasteiger partial charge in [0.25, 0.3) is 0 Å². The molecule has 0 aliphatic rings. The van der Waals surface area contributed by atoms with Crippen molar-refractivity contribution in [2.24, 2.45) is 5.73 Å². The van der Waals surface area contributed by atoms with Crippen molar-refractivity contribution in [2.75, 3.05) is 6.54 Å². The molecule has 0 fully saturated rings. The van der Waals surface area contributed by atoms with Crippen LogP contribution in [0.4, 0.5) is 13.2 Å². The van der Waals surface area contributed by atoms with Crippen molar-refractivity contribution in [3.63, 3.8) is 0 Å². The second-order valence-corrected chi connectivity index (χ2v) is 3.96. The molecule has 0 aliphatic carbocycles.